The zero-order valence-corrected chi connectivity index (χ0v) is 13.8. The SMILES string of the molecule is O=C(Nc1ccc2c(c1)C1(CCCC1)C(=O)N2)c1ccccc1Cl. The molecule has 0 bridgehead atoms. The number of benzene rings is 2. The second kappa shape index (κ2) is 5.64. The zero-order chi connectivity index (χ0) is 16.7. The van der Waals surface area contributed by atoms with Crippen molar-refractivity contribution in [3.63, 3.8) is 0 Å². The third kappa shape index (κ3) is 2.29. The van der Waals surface area contributed by atoms with Gasteiger partial charge in [-0.2, -0.15) is 0 Å². The summed E-state index contributed by atoms with van der Waals surface area (Å²) in [6, 6.07) is 12.5. The lowest BCUT2D eigenvalue weighted by molar-refractivity contribution is -0.120. The van der Waals surface area contributed by atoms with E-state index in [9.17, 15) is 9.59 Å². The molecular formula is C19H17ClN2O2. The van der Waals surface area contributed by atoms with Crippen LogP contribution < -0.4 is 10.6 Å². The van der Waals surface area contributed by atoms with Gasteiger partial charge in [-0.3, -0.25) is 9.59 Å². The van der Waals surface area contributed by atoms with E-state index in [0.29, 0.717) is 16.3 Å². The van der Waals surface area contributed by atoms with E-state index in [2.05, 4.69) is 10.6 Å². The van der Waals surface area contributed by atoms with Crippen molar-refractivity contribution in [1.29, 1.82) is 0 Å². The molecule has 2 aromatic rings. The van der Waals surface area contributed by atoms with Crippen molar-refractivity contribution < 1.29 is 9.59 Å². The number of nitrogens with one attached hydrogen (secondary N) is 2. The highest BCUT2D eigenvalue weighted by atomic mass is 35.5. The first kappa shape index (κ1) is 15.2. The fourth-order valence-electron chi connectivity index (χ4n) is 3.81. The van der Waals surface area contributed by atoms with Crippen LogP contribution in [0.2, 0.25) is 5.02 Å². The van der Waals surface area contributed by atoms with Gasteiger partial charge in [-0.1, -0.05) is 36.6 Å². The van der Waals surface area contributed by atoms with Crippen molar-refractivity contribution in [2.24, 2.45) is 0 Å². The monoisotopic (exact) mass is 340 g/mol. The normalized spacial score (nSPS) is 17.6. The van der Waals surface area contributed by atoms with Crippen LogP contribution in [0.1, 0.15) is 41.6 Å². The number of rotatable bonds is 2. The van der Waals surface area contributed by atoms with Gasteiger partial charge in [-0.05, 0) is 48.7 Å². The van der Waals surface area contributed by atoms with Crippen molar-refractivity contribution in [2.75, 3.05) is 10.6 Å². The molecule has 2 aromatic carbocycles. The van der Waals surface area contributed by atoms with Crippen LogP contribution in [0.4, 0.5) is 11.4 Å². The van der Waals surface area contributed by atoms with E-state index < -0.39 is 5.41 Å². The molecule has 2 aliphatic rings. The molecule has 2 amide bonds. The number of anilines is 2. The Morgan fingerprint density at radius 3 is 2.62 bits per heavy atom. The van der Waals surface area contributed by atoms with Crippen molar-refractivity contribution in [3.05, 3.63) is 58.6 Å². The molecular weight excluding hydrogens is 324 g/mol. The number of carbonyl (C=O) groups is 2. The summed E-state index contributed by atoms with van der Waals surface area (Å²) in [5, 5.41) is 6.28. The van der Waals surface area contributed by atoms with Crippen LogP contribution in [0.5, 0.6) is 0 Å². The van der Waals surface area contributed by atoms with Crippen LogP contribution >= 0.6 is 11.6 Å². The van der Waals surface area contributed by atoms with Crippen LogP contribution in [-0.4, -0.2) is 11.8 Å². The van der Waals surface area contributed by atoms with Gasteiger partial charge < -0.3 is 10.6 Å². The van der Waals surface area contributed by atoms with Gasteiger partial charge in [0.1, 0.15) is 0 Å². The Morgan fingerprint density at radius 2 is 1.88 bits per heavy atom. The van der Waals surface area contributed by atoms with Gasteiger partial charge in [0.15, 0.2) is 0 Å². The maximum Gasteiger partial charge on any atom is 0.257 e. The maximum absolute atomic E-state index is 12.4. The van der Waals surface area contributed by atoms with E-state index in [0.717, 1.165) is 36.9 Å². The predicted molar refractivity (Wildman–Crippen MR) is 94.6 cm³/mol. The van der Waals surface area contributed by atoms with E-state index in [1.54, 1.807) is 24.3 Å². The van der Waals surface area contributed by atoms with Crippen LogP contribution in [-0.2, 0) is 10.2 Å². The fourth-order valence-corrected chi connectivity index (χ4v) is 4.03. The first-order valence-corrected chi connectivity index (χ1v) is 8.50. The molecule has 2 N–H and O–H groups in total. The highest BCUT2D eigenvalue weighted by Crippen LogP contribution is 2.49. The van der Waals surface area contributed by atoms with Gasteiger partial charge in [0.05, 0.1) is 16.0 Å². The third-order valence-corrected chi connectivity index (χ3v) is 5.38. The molecule has 1 aliphatic heterocycles. The highest BCUT2D eigenvalue weighted by Gasteiger charge is 2.48. The minimum Gasteiger partial charge on any atom is -0.325 e. The molecule has 1 spiro atoms. The van der Waals surface area contributed by atoms with Crippen molar-refractivity contribution in [1.82, 2.24) is 0 Å². The van der Waals surface area contributed by atoms with Crippen molar-refractivity contribution in [2.45, 2.75) is 31.1 Å². The highest BCUT2D eigenvalue weighted by molar-refractivity contribution is 6.34. The Balaban J connectivity index is 1.65. The standard InChI is InChI=1S/C19H17ClN2O2/c20-15-6-2-1-5-13(15)17(23)21-12-7-8-16-14(11-12)19(18(24)22-16)9-3-4-10-19/h1-2,5-8,11H,3-4,9-10H2,(H,21,23)(H,22,24). The summed E-state index contributed by atoms with van der Waals surface area (Å²) in [5.74, 6) is -0.164. The molecule has 0 unspecified atom stereocenters. The quantitative estimate of drug-likeness (QED) is 0.853. The lowest BCUT2D eigenvalue weighted by Crippen LogP contribution is -2.31. The Hall–Kier alpha value is -2.33. The molecule has 0 atom stereocenters. The van der Waals surface area contributed by atoms with E-state index in [1.807, 2.05) is 18.2 Å². The van der Waals surface area contributed by atoms with Gasteiger partial charge in [0.2, 0.25) is 5.91 Å². The van der Waals surface area contributed by atoms with Gasteiger partial charge >= 0.3 is 0 Å². The van der Waals surface area contributed by atoms with Crippen molar-refractivity contribution in [3.8, 4) is 0 Å². The van der Waals surface area contributed by atoms with E-state index in [1.165, 1.54) is 0 Å². The van der Waals surface area contributed by atoms with E-state index in [4.69, 9.17) is 11.6 Å². The van der Waals surface area contributed by atoms with E-state index in [-0.39, 0.29) is 11.8 Å². The van der Waals surface area contributed by atoms with Crippen LogP contribution in [0.25, 0.3) is 0 Å². The van der Waals surface area contributed by atoms with Gasteiger partial charge in [-0.25, -0.2) is 0 Å². The Bertz CT molecular complexity index is 841. The van der Waals surface area contributed by atoms with Crippen molar-refractivity contribution >= 4 is 34.8 Å². The summed E-state index contributed by atoms with van der Waals surface area (Å²) in [6.07, 6.45) is 3.85. The molecule has 4 rings (SSSR count). The average molecular weight is 341 g/mol. The molecule has 5 heteroatoms. The third-order valence-electron chi connectivity index (χ3n) is 5.05. The fraction of sp³-hybridized carbons (Fsp3) is 0.263. The molecule has 0 aromatic heterocycles. The van der Waals surface area contributed by atoms with Crippen LogP contribution in [0.3, 0.4) is 0 Å². The maximum atomic E-state index is 12.4. The number of carbonyl (C=O) groups excluding carboxylic acids is 2. The zero-order valence-electron chi connectivity index (χ0n) is 13.1. The minimum atomic E-state index is -0.416. The molecule has 0 radical (unpaired) electrons. The Morgan fingerprint density at radius 1 is 1.12 bits per heavy atom. The first-order chi connectivity index (χ1) is 11.6. The number of hydrogen-bond donors (Lipinski definition) is 2. The van der Waals surface area contributed by atoms with Gasteiger partial charge in [0.25, 0.3) is 5.91 Å². The smallest absolute Gasteiger partial charge is 0.257 e. The Kier molecular flexibility index (Phi) is 3.57. The second-order valence-electron chi connectivity index (χ2n) is 6.44. The molecule has 122 valence electrons. The van der Waals surface area contributed by atoms with Crippen LogP contribution in [0.15, 0.2) is 42.5 Å². The second-order valence-corrected chi connectivity index (χ2v) is 6.84. The van der Waals surface area contributed by atoms with Gasteiger partial charge in [0, 0.05) is 11.4 Å². The minimum absolute atomic E-state index is 0.0876. The topological polar surface area (TPSA) is 58.2 Å². The molecule has 1 heterocycles. The number of amides is 2. The molecule has 24 heavy (non-hydrogen) atoms. The largest absolute Gasteiger partial charge is 0.325 e. The lowest BCUT2D eigenvalue weighted by Gasteiger charge is -2.21. The summed E-state index contributed by atoms with van der Waals surface area (Å²) in [7, 11) is 0. The summed E-state index contributed by atoms with van der Waals surface area (Å²) < 4.78 is 0. The lowest BCUT2D eigenvalue weighted by atomic mass is 9.80. The predicted octanol–water partition coefficient (Wildman–Crippen LogP) is 4.36. The molecule has 1 saturated carbocycles. The molecule has 4 nitrogen and oxygen atoms in total. The Labute approximate surface area is 145 Å². The summed E-state index contributed by atoms with van der Waals surface area (Å²) in [4.78, 5) is 24.9. The number of halogens is 1. The van der Waals surface area contributed by atoms with Gasteiger partial charge in [-0.15, -0.1) is 0 Å². The summed E-state index contributed by atoms with van der Waals surface area (Å²) in [6.45, 7) is 0. The van der Waals surface area contributed by atoms with E-state index >= 15 is 0 Å². The average Bonchev–Trinajstić information content (AvgIpc) is 3.16. The molecule has 0 saturated heterocycles. The number of fused-ring (bicyclic) bond motifs is 2. The molecule has 1 aliphatic carbocycles. The van der Waals surface area contributed by atoms with Crippen LogP contribution in [0, 0.1) is 0 Å². The summed E-state index contributed by atoms with van der Waals surface area (Å²) >= 11 is 6.08. The first-order valence-electron chi connectivity index (χ1n) is 8.12. The molecule has 1 fully saturated rings. The number of hydrogen-bond acceptors (Lipinski definition) is 2. The summed E-state index contributed by atoms with van der Waals surface area (Å²) in [5.41, 5.74) is 2.56.